The van der Waals surface area contributed by atoms with Crippen molar-refractivity contribution in [3.8, 4) is 0 Å². The Labute approximate surface area is 226 Å². The first kappa shape index (κ1) is 29.5. The van der Waals surface area contributed by atoms with E-state index >= 15 is 0 Å². The van der Waals surface area contributed by atoms with Crippen LogP contribution in [0.2, 0.25) is 0 Å². The Morgan fingerprint density at radius 2 is 1.50 bits per heavy atom. The van der Waals surface area contributed by atoms with Gasteiger partial charge in [0.1, 0.15) is 17.1 Å². The molecule has 0 radical (unpaired) electrons. The number of ether oxygens (including phenoxy) is 4. The standard InChI is InChI=1S/C26H26N2O12/c1-26(2,3)27-19-16(24(32)38-6)14(22(30)36-4)15(23(31)37-5)17(25(33)39-7)21-18(19)20(29)12-10-11(28(34)35)8-9-13(12)40-21/h8-10,16,27H,1-7H3. The van der Waals surface area contributed by atoms with E-state index in [1.54, 1.807) is 20.8 Å². The number of nitro groups is 1. The monoisotopic (exact) mass is 558 g/mol. The topological polar surface area (TPSA) is 191 Å². The van der Waals surface area contributed by atoms with Crippen LogP contribution >= 0.6 is 0 Å². The predicted octanol–water partition coefficient (Wildman–Crippen LogP) is -0.0334. The summed E-state index contributed by atoms with van der Waals surface area (Å²) in [6.45, 7) is 5.00. The Morgan fingerprint density at radius 1 is 0.925 bits per heavy atom. The van der Waals surface area contributed by atoms with Gasteiger partial charge >= 0.3 is 23.9 Å². The lowest BCUT2D eigenvalue weighted by Crippen LogP contribution is -2.50. The fourth-order valence-electron chi connectivity index (χ4n) is 4.23. The Kier molecular flexibility index (Phi) is 8.13. The quantitative estimate of drug-likeness (QED) is 0.215. The number of hydrogen-bond acceptors (Lipinski definition) is 13. The van der Waals surface area contributed by atoms with Gasteiger partial charge in [-0.05, 0) is 26.8 Å². The van der Waals surface area contributed by atoms with Crippen LogP contribution in [0, 0.1) is 16.0 Å². The molecule has 1 aliphatic rings. The van der Waals surface area contributed by atoms with Crippen LogP contribution in [0.15, 0.2) is 38.6 Å². The zero-order chi connectivity index (χ0) is 30.1. The molecule has 1 heterocycles. The molecule has 0 spiro atoms. The highest BCUT2D eigenvalue weighted by Crippen LogP contribution is 2.32. The first-order valence-corrected chi connectivity index (χ1v) is 11.6. The molecule has 1 aromatic heterocycles. The smallest absolute Gasteiger partial charge is 0.342 e. The van der Waals surface area contributed by atoms with Crippen LogP contribution < -0.4 is 21.4 Å². The third-order valence-corrected chi connectivity index (χ3v) is 5.81. The van der Waals surface area contributed by atoms with Crippen LogP contribution in [0.3, 0.4) is 0 Å². The maximum atomic E-state index is 14.1. The van der Waals surface area contributed by atoms with Crippen molar-refractivity contribution >= 4 is 51.8 Å². The molecule has 3 rings (SSSR count). The summed E-state index contributed by atoms with van der Waals surface area (Å²) >= 11 is 0. The Hall–Kier alpha value is -5.01. The molecule has 1 aliphatic carbocycles. The summed E-state index contributed by atoms with van der Waals surface area (Å²) in [4.78, 5) is 77.9. The van der Waals surface area contributed by atoms with Crippen LogP contribution in [0.4, 0.5) is 5.69 Å². The lowest BCUT2D eigenvalue weighted by atomic mass is 9.88. The summed E-state index contributed by atoms with van der Waals surface area (Å²) in [7, 11) is 3.92. The first-order chi connectivity index (χ1) is 18.7. The Bertz CT molecular complexity index is 1670. The third kappa shape index (κ3) is 5.15. The van der Waals surface area contributed by atoms with Gasteiger partial charge in [-0.3, -0.25) is 19.7 Å². The second kappa shape index (κ2) is 11.0. The zero-order valence-electron chi connectivity index (χ0n) is 22.7. The molecule has 0 saturated heterocycles. The Morgan fingerprint density at radius 3 is 2.00 bits per heavy atom. The number of rotatable bonds is 6. The van der Waals surface area contributed by atoms with Crippen molar-refractivity contribution in [3.05, 3.63) is 60.3 Å². The second-order valence-electron chi connectivity index (χ2n) is 9.46. The SMILES string of the molecule is COC(=O)C1=C(C(=O)OC)C(C(=O)OC)C(NC(C)(C)C)=c2c(oc3ccc([N+](=O)[O-])cc3c2=O)=C1C(=O)OC. The predicted molar refractivity (Wildman–Crippen MR) is 137 cm³/mol. The van der Waals surface area contributed by atoms with E-state index < -0.39 is 78.7 Å². The largest absolute Gasteiger partial charge is 0.468 e. The number of carbonyl (C=O) groups excluding carboxylic acids is 4. The van der Waals surface area contributed by atoms with Gasteiger partial charge in [0.25, 0.3) is 5.69 Å². The average Bonchev–Trinajstić information content (AvgIpc) is 3.03. The highest BCUT2D eigenvalue weighted by Gasteiger charge is 2.44. The molecule has 1 aromatic carbocycles. The molecule has 212 valence electrons. The molecule has 14 nitrogen and oxygen atoms in total. The maximum Gasteiger partial charge on any atom is 0.342 e. The second-order valence-corrected chi connectivity index (χ2v) is 9.46. The molecule has 0 fully saturated rings. The van der Waals surface area contributed by atoms with Gasteiger partial charge in [0.15, 0.2) is 5.42 Å². The average molecular weight is 558 g/mol. The minimum absolute atomic E-state index is 0.203. The van der Waals surface area contributed by atoms with E-state index in [4.69, 9.17) is 23.4 Å². The van der Waals surface area contributed by atoms with E-state index in [1.165, 1.54) is 0 Å². The first-order valence-electron chi connectivity index (χ1n) is 11.6. The summed E-state index contributed by atoms with van der Waals surface area (Å²) < 4.78 is 25.5. The van der Waals surface area contributed by atoms with Gasteiger partial charge < -0.3 is 28.7 Å². The van der Waals surface area contributed by atoms with Crippen molar-refractivity contribution < 1.29 is 47.5 Å². The molecular formula is C26H26N2O12. The molecule has 1 unspecified atom stereocenters. The van der Waals surface area contributed by atoms with E-state index in [-0.39, 0.29) is 16.7 Å². The number of nitrogens with one attached hydrogen (secondary N) is 1. The van der Waals surface area contributed by atoms with E-state index in [0.29, 0.717) is 0 Å². The van der Waals surface area contributed by atoms with Crippen LogP contribution in [0.1, 0.15) is 20.8 Å². The number of benzene rings is 1. The number of carbonyl (C=O) groups is 4. The number of nitro benzene ring substituents is 1. The highest BCUT2D eigenvalue weighted by atomic mass is 16.6. The summed E-state index contributed by atoms with van der Waals surface area (Å²) in [5.74, 6) is -6.70. The highest BCUT2D eigenvalue weighted by molar-refractivity contribution is 6.28. The fraction of sp³-hybridized carbons (Fsp3) is 0.346. The van der Waals surface area contributed by atoms with Gasteiger partial charge in [-0.2, -0.15) is 0 Å². The van der Waals surface area contributed by atoms with Crippen LogP contribution in [-0.2, 0) is 38.1 Å². The van der Waals surface area contributed by atoms with Gasteiger partial charge in [-0.15, -0.1) is 0 Å². The number of hydrogen-bond donors (Lipinski definition) is 1. The van der Waals surface area contributed by atoms with Crippen molar-refractivity contribution in [1.82, 2.24) is 5.32 Å². The van der Waals surface area contributed by atoms with Gasteiger partial charge in [-0.1, -0.05) is 0 Å². The normalized spacial score (nSPS) is 15.1. The molecule has 2 aromatic rings. The van der Waals surface area contributed by atoms with E-state index in [1.807, 2.05) is 0 Å². The minimum atomic E-state index is -1.86. The minimum Gasteiger partial charge on any atom is -0.468 e. The van der Waals surface area contributed by atoms with Gasteiger partial charge in [0.05, 0.1) is 55.1 Å². The van der Waals surface area contributed by atoms with Crippen LogP contribution in [0.5, 0.6) is 0 Å². The number of fused-ring (bicyclic) bond motifs is 2. The number of methoxy groups -OCH3 is 4. The molecule has 0 aliphatic heterocycles. The Balaban J connectivity index is 2.90. The summed E-state index contributed by atoms with van der Waals surface area (Å²) in [6.07, 6.45) is 0. The number of nitrogens with zero attached hydrogens (tertiary/aromatic N) is 1. The summed E-state index contributed by atoms with van der Waals surface area (Å²) in [6, 6.07) is 3.16. The fourth-order valence-corrected chi connectivity index (χ4v) is 4.23. The van der Waals surface area contributed by atoms with Gasteiger partial charge in [0.2, 0.25) is 5.43 Å². The van der Waals surface area contributed by atoms with Crippen molar-refractivity contribution in [2.75, 3.05) is 28.4 Å². The number of non-ortho nitro benzene ring substituents is 1. The van der Waals surface area contributed by atoms with E-state index in [9.17, 15) is 34.1 Å². The molecule has 0 bridgehead atoms. The summed E-state index contributed by atoms with van der Waals surface area (Å²) in [5.41, 5.74) is -5.52. The molecule has 0 amide bonds. The maximum absolute atomic E-state index is 14.1. The summed E-state index contributed by atoms with van der Waals surface area (Å²) in [5, 5.41) is 13.7. The van der Waals surface area contributed by atoms with Crippen molar-refractivity contribution in [2.24, 2.45) is 5.92 Å². The van der Waals surface area contributed by atoms with Gasteiger partial charge in [0, 0.05) is 23.4 Å². The third-order valence-electron chi connectivity index (χ3n) is 5.81. The van der Waals surface area contributed by atoms with E-state index in [2.05, 4.69) is 5.32 Å². The van der Waals surface area contributed by atoms with Crippen molar-refractivity contribution in [1.29, 1.82) is 0 Å². The molecular weight excluding hydrogens is 532 g/mol. The van der Waals surface area contributed by atoms with Gasteiger partial charge in [-0.25, -0.2) is 14.4 Å². The number of esters is 4. The lowest BCUT2D eigenvalue weighted by Gasteiger charge is -2.29. The molecule has 1 atom stereocenters. The molecule has 14 heteroatoms. The van der Waals surface area contributed by atoms with Crippen molar-refractivity contribution in [3.63, 3.8) is 0 Å². The molecule has 1 N–H and O–H groups in total. The molecule has 40 heavy (non-hydrogen) atoms. The van der Waals surface area contributed by atoms with Crippen molar-refractivity contribution in [2.45, 2.75) is 26.3 Å². The van der Waals surface area contributed by atoms with Crippen LogP contribution in [0.25, 0.3) is 22.2 Å². The molecule has 0 saturated carbocycles. The van der Waals surface area contributed by atoms with Crippen LogP contribution in [-0.4, -0.2) is 62.8 Å². The lowest BCUT2D eigenvalue weighted by molar-refractivity contribution is -0.384. The van der Waals surface area contributed by atoms with E-state index in [0.717, 1.165) is 46.6 Å². The zero-order valence-corrected chi connectivity index (χ0v) is 22.7.